The summed E-state index contributed by atoms with van der Waals surface area (Å²) in [6.07, 6.45) is 3.55. The number of nitrogens with zero attached hydrogens (tertiary/aromatic N) is 2. The fourth-order valence-electron chi connectivity index (χ4n) is 2.61. The van der Waals surface area contributed by atoms with E-state index in [4.69, 9.17) is 4.42 Å². The first-order chi connectivity index (χ1) is 11.5. The van der Waals surface area contributed by atoms with Gasteiger partial charge in [-0.3, -0.25) is 9.78 Å². The minimum absolute atomic E-state index is 0.117. The summed E-state index contributed by atoms with van der Waals surface area (Å²) >= 11 is 0. The summed E-state index contributed by atoms with van der Waals surface area (Å²) in [6, 6.07) is 9.65. The molecule has 3 aromatic rings. The van der Waals surface area contributed by atoms with Gasteiger partial charge in [0.2, 0.25) is 11.8 Å². The van der Waals surface area contributed by atoms with E-state index in [1.54, 1.807) is 12.4 Å². The summed E-state index contributed by atoms with van der Waals surface area (Å²) in [4.78, 5) is 20.8. The number of hydrogen-bond acceptors (Lipinski definition) is 4. The maximum atomic E-state index is 12.3. The van der Waals surface area contributed by atoms with Gasteiger partial charge in [-0.25, -0.2) is 4.98 Å². The van der Waals surface area contributed by atoms with E-state index in [2.05, 4.69) is 21.4 Å². The monoisotopic (exact) mass is 321 g/mol. The Morgan fingerprint density at radius 2 is 1.92 bits per heavy atom. The number of anilines is 1. The Kier molecular flexibility index (Phi) is 4.42. The number of hydrogen-bond donors (Lipinski definition) is 1. The zero-order valence-electron chi connectivity index (χ0n) is 14.0. The summed E-state index contributed by atoms with van der Waals surface area (Å²) in [6.45, 7) is 5.82. The van der Waals surface area contributed by atoms with Crippen LogP contribution in [0.1, 0.15) is 22.6 Å². The highest BCUT2D eigenvalue weighted by molar-refractivity contribution is 5.92. The van der Waals surface area contributed by atoms with E-state index in [0.717, 1.165) is 22.4 Å². The molecule has 2 aromatic heterocycles. The van der Waals surface area contributed by atoms with E-state index in [9.17, 15) is 4.79 Å². The standard InChI is InChI=1S/C19H19N3O2/c1-12-7-13(2)9-16(8-12)21-18(23)10-17-14(3)24-19(22-17)15-5-4-6-20-11-15/h4-9,11H,10H2,1-3H3,(H,21,23). The van der Waals surface area contributed by atoms with Crippen LogP contribution in [0, 0.1) is 20.8 Å². The average Bonchev–Trinajstić information content (AvgIpc) is 2.88. The van der Waals surface area contributed by atoms with Crippen molar-refractivity contribution in [2.45, 2.75) is 27.2 Å². The number of benzene rings is 1. The van der Waals surface area contributed by atoms with Crippen molar-refractivity contribution in [3.8, 4) is 11.5 Å². The van der Waals surface area contributed by atoms with E-state index in [0.29, 0.717) is 17.3 Å². The molecule has 5 nitrogen and oxygen atoms in total. The van der Waals surface area contributed by atoms with Gasteiger partial charge < -0.3 is 9.73 Å². The number of aromatic nitrogens is 2. The molecule has 0 radical (unpaired) electrons. The van der Waals surface area contributed by atoms with Gasteiger partial charge in [0.15, 0.2) is 0 Å². The molecule has 0 bridgehead atoms. The summed E-state index contributed by atoms with van der Waals surface area (Å²) < 4.78 is 5.66. The van der Waals surface area contributed by atoms with Gasteiger partial charge in [0.25, 0.3) is 0 Å². The van der Waals surface area contributed by atoms with Gasteiger partial charge in [0, 0.05) is 18.1 Å². The molecule has 0 atom stereocenters. The van der Waals surface area contributed by atoms with Gasteiger partial charge in [-0.2, -0.15) is 0 Å². The van der Waals surface area contributed by atoms with Crippen LogP contribution in [0.15, 0.2) is 47.1 Å². The lowest BCUT2D eigenvalue weighted by atomic mass is 10.1. The second kappa shape index (κ2) is 6.66. The number of nitrogens with one attached hydrogen (secondary N) is 1. The van der Waals surface area contributed by atoms with Gasteiger partial charge >= 0.3 is 0 Å². The quantitative estimate of drug-likeness (QED) is 0.792. The molecule has 0 aliphatic rings. The SMILES string of the molecule is Cc1cc(C)cc(NC(=O)Cc2nc(-c3cccnc3)oc2C)c1. The van der Waals surface area contributed by atoms with Gasteiger partial charge in [0.05, 0.1) is 17.7 Å². The highest BCUT2D eigenvalue weighted by Gasteiger charge is 2.15. The molecule has 0 unspecified atom stereocenters. The lowest BCUT2D eigenvalue weighted by molar-refractivity contribution is -0.115. The molecule has 1 amide bonds. The average molecular weight is 321 g/mol. The first-order valence-electron chi connectivity index (χ1n) is 7.76. The van der Waals surface area contributed by atoms with Crippen LogP contribution in [-0.4, -0.2) is 15.9 Å². The Morgan fingerprint density at radius 3 is 2.58 bits per heavy atom. The minimum atomic E-state index is -0.117. The zero-order chi connectivity index (χ0) is 17.1. The smallest absolute Gasteiger partial charge is 0.230 e. The Morgan fingerprint density at radius 1 is 1.17 bits per heavy atom. The molecule has 0 fully saturated rings. The van der Waals surface area contributed by atoms with Crippen LogP contribution < -0.4 is 5.32 Å². The molecule has 2 heterocycles. The molecule has 0 spiro atoms. The first kappa shape index (κ1) is 15.9. The Bertz CT molecular complexity index is 849. The van der Waals surface area contributed by atoms with Crippen LogP contribution in [0.4, 0.5) is 5.69 Å². The Hall–Kier alpha value is -2.95. The summed E-state index contributed by atoms with van der Waals surface area (Å²) in [5.74, 6) is 1.01. The maximum Gasteiger partial charge on any atom is 0.230 e. The van der Waals surface area contributed by atoms with Crippen molar-refractivity contribution < 1.29 is 9.21 Å². The third kappa shape index (κ3) is 3.68. The van der Waals surface area contributed by atoms with Crippen molar-refractivity contribution in [1.82, 2.24) is 9.97 Å². The fraction of sp³-hybridized carbons (Fsp3) is 0.211. The molecule has 3 rings (SSSR count). The molecule has 0 saturated carbocycles. The van der Waals surface area contributed by atoms with Crippen LogP contribution in [0.25, 0.3) is 11.5 Å². The molecule has 1 aromatic carbocycles. The zero-order valence-corrected chi connectivity index (χ0v) is 14.0. The fourth-order valence-corrected chi connectivity index (χ4v) is 2.61. The molecular weight excluding hydrogens is 302 g/mol. The van der Waals surface area contributed by atoms with Crippen molar-refractivity contribution in [3.05, 3.63) is 65.3 Å². The van der Waals surface area contributed by atoms with Gasteiger partial charge in [-0.05, 0) is 56.2 Å². The molecule has 5 heteroatoms. The number of oxazole rings is 1. The topological polar surface area (TPSA) is 68.0 Å². The highest BCUT2D eigenvalue weighted by atomic mass is 16.4. The van der Waals surface area contributed by atoms with Gasteiger partial charge in [0.1, 0.15) is 5.76 Å². The van der Waals surface area contributed by atoms with Crippen LogP contribution in [0.2, 0.25) is 0 Å². The number of pyridine rings is 1. The molecule has 122 valence electrons. The Balaban J connectivity index is 1.74. The third-order valence-electron chi connectivity index (χ3n) is 3.63. The third-order valence-corrected chi connectivity index (χ3v) is 3.63. The molecule has 1 N–H and O–H groups in total. The second-order valence-corrected chi connectivity index (χ2v) is 5.86. The van der Waals surface area contributed by atoms with Crippen molar-refractivity contribution in [2.24, 2.45) is 0 Å². The summed E-state index contributed by atoms with van der Waals surface area (Å²) in [5.41, 5.74) is 4.45. The molecule has 0 saturated heterocycles. The molecule has 0 aliphatic heterocycles. The number of carbonyl (C=O) groups excluding carboxylic acids is 1. The van der Waals surface area contributed by atoms with Crippen molar-refractivity contribution in [2.75, 3.05) is 5.32 Å². The number of aryl methyl sites for hydroxylation is 3. The maximum absolute atomic E-state index is 12.3. The predicted molar refractivity (Wildman–Crippen MR) is 92.7 cm³/mol. The second-order valence-electron chi connectivity index (χ2n) is 5.86. The van der Waals surface area contributed by atoms with Crippen molar-refractivity contribution >= 4 is 11.6 Å². The lowest BCUT2D eigenvalue weighted by Crippen LogP contribution is -2.15. The molecule has 24 heavy (non-hydrogen) atoms. The van der Waals surface area contributed by atoms with Gasteiger partial charge in [-0.15, -0.1) is 0 Å². The van der Waals surface area contributed by atoms with E-state index < -0.39 is 0 Å². The van der Waals surface area contributed by atoms with E-state index in [-0.39, 0.29) is 12.3 Å². The van der Waals surface area contributed by atoms with E-state index in [1.165, 1.54) is 0 Å². The van der Waals surface area contributed by atoms with Gasteiger partial charge in [-0.1, -0.05) is 6.07 Å². The first-order valence-corrected chi connectivity index (χ1v) is 7.76. The number of carbonyl (C=O) groups is 1. The normalized spacial score (nSPS) is 10.6. The molecule has 0 aliphatic carbocycles. The number of amides is 1. The number of rotatable bonds is 4. The van der Waals surface area contributed by atoms with E-state index in [1.807, 2.05) is 45.0 Å². The van der Waals surface area contributed by atoms with Crippen LogP contribution >= 0.6 is 0 Å². The predicted octanol–water partition coefficient (Wildman–Crippen LogP) is 3.84. The summed E-state index contributed by atoms with van der Waals surface area (Å²) in [5, 5.41) is 2.92. The van der Waals surface area contributed by atoms with Crippen LogP contribution in [0.5, 0.6) is 0 Å². The van der Waals surface area contributed by atoms with Crippen molar-refractivity contribution in [1.29, 1.82) is 0 Å². The lowest BCUT2D eigenvalue weighted by Gasteiger charge is -2.06. The Labute approximate surface area is 140 Å². The van der Waals surface area contributed by atoms with Crippen LogP contribution in [0.3, 0.4) is 0 Å². The molecular formula is C19H19N3O2. The summed E-state index contributed by atoms with van der Waals surface area (Å²) in [7, 11) is 0. The largest absolute Gasteiger partial charge is 0.441 e. The van der Waals surface area contributed by atoms with Crippen molar-refractivity contribution in [3.63, 3.8) is 0 Å². The van der Waals surface area contributed by atoms with Crippen LogP contribution in [-0.2, 0) is 11.2 Å². The van der Waals surface area contributed by atoms with E-state index >= 15 is 0 Å². The minimum Gasteiger partial charge on any atom is -0.441 e. The highest BCUT2D eigenvalue weighted by Crippen LogP contribution is 2.21.